The summed E-state index contributed by atoms with van der Waals surface area (Å²) in [7, 11) is 1.56. The Bertz CT molecular complexity index is 1280. The van der Waals surface area contributed by atoms with Gasteiger partial charge in [0.05, 0.1) is 5.57 Å². The first kappa shape index (κ1) is 17.0. The lowest BCUT2D eigenvalue weighted by atomic mass is 9.64. The van der Waals surface area contributed by atoms with E-state index >= 15 is 0 Å². The van der Waals surface area contributed by atoms with Crippen molar-refractivity contribution in [2.75, 3.05) is 11.9 Å². The molecule has 7 nitrogen and oxygen atoms in total. The third-order valence-electron chi connectivity index (χ3n) is 5.69. The number of para-hydroxylation sites is 1. The van der Waals surface area contributed by atoms with Gasteiger partial charge in [0.25, 0.3) is 0 Å². The number of carbonyl (C=O) groups excluding carboxylic acids is 3. The van der Waals surface area contributed by atoms with E-state index < -0.39 is 22.9 Å². The monoisotopic (exact) mass is 383 g/mol. The Morgan fingerprint density at radius 1 is 1.00 bits per heavy atom. The average molecular weight is 383 g/mol. The number of nitriles is 1. The molecule has 2 N–H and O–H groups in total. The second kappa shape index (κ2) is 5.42. The van der Waals surface area contributed by atoms with Crippen LogP contribution in [0, 0.1) is 11.3 Å². The molecule has 0 saturated heterocycles. The van der Waals surface area contributed by atoms with Crippen LogP contribution in [0.1, 0.15) is 26.3 Å². The van der Waals surface area contributed by atoms with Crippen LogP contribution in [0.15, 0.2) is 71.3 Å². The highest BCUT2D eigenvalue weighted by Gasteiger charge is 2.63. The first-order valence-corrected chi connectivity index (χ1v) is 8.83. The molecule has 0 saturated carbocycles. The van der Waals surface area contributed by atoms with Gasteiger partial charge in [-0.15, -0.1) is 0 Å². The molecule has 3 aliphatic rings. The van der Waals surface area contributed by atoms with Crippen molar-refractivity contribution in [3.8, 4) is 6.07 Å². The van der Waals surface area contributed by atoms with E-state index in [1.807, 2.05) is 6.07 Å². The maximum atomic E-state index is 13.6. The molecule has 2 aromatic carbocycles. The number of fused-ring (bicyclic) bond motifs is 4. The van der Waals surface area contributed by atoms with E-state index in [0.29, 0.717) is 11.3 Å². The molecule has 1 amide bonds. The molecule has 2 aliphatic heterocycles. The van der Waals surface area contributed by atoms with Gasteiger partial charge in [-0.05, 0) is 6.07 Å². The minimum atomic E-state index is -1.82. The van der Waals surface area contributed by atoms with Crippen LogP contribution in [0.25, 0.3) is 0 Å². The topological polar surface area (TPSA) is 113 Å². The summed E-state index contributed by atoms with van der Waals surface area (Å²) in [5, 5.41) is 9.90. The molecule has 0 radical (unpaired) electrons. The summed E-state index contributed by atoms with van der Waals surface area (Å²) in [5.74, 6) is -2.27. The molecule has 1 atom stereocenters. The zero-order valence-electron chi connectivity index (χ0n) is 15.2. The molecule has 0 bridgehead atoms. The van der Waals surface area contributed by atoms with Crippen molar-refractivity contribution in [2.24, 2.45) is 5.73 Å². The number of hydrogen-bond acceptors (Lipinski definition) is 6. The largest absolute Gasteiger partial charge is 0.436 e. The maximum Gasteiger partial charge on any atom is 0.247 e. The summed E-state index contributed by atoms with van der Waals surface area (Å²) in [4.78, 5) is 41.7. The number of hydrogen-bond donors (Lipinski definition) is 1. The summed E-state index contributed by atoms with van der Waals surface area (Å²) >= 11 is 0. The number of amides is 1. The number of likely N-dealkylation sites (N-methyl/N-ethyl adjacent to an activating group) is 1. The molecule has 2 heterocycles. The zero-order valence-corrected chi connectivity index (χ0v) is 15.2. The van der Waals surface area contributed by atoms with Gasteiger partial charge in [0.2, 0.25) is 17.6 Å². The van der Waals surface area contributed by atoms with E-state index in [2.05, 4.69) is 0 Å². The second-order valence-electron chi connectivity index (χ2n) is 6.99. The Kier molecular flexibility index (Phi) is 3.17. The van der Waals surface area contributed by atoms with Crippen LogP contribution in [0.5, 0.6) is 0 Å². The third kappa shape index (κ3) is 1.78. The molecular formula is C22H13N3O4. The van der Waals surface area contributed by atoms with Crippen molar-refractivity contribution >= 4 is 23.2 Å². The first-order valence-electron chi connectivity index (χ1n) is 8.83. The number of ketones is 2. The summed E-state index contributed by atoms with van der Waals surface area (Å²) < 4.78 is 5.49. The zero-order chi connectivity index (χ0) is 20.5. The van der Waals surface area contributed by atoms with E-state index in [9.17, 15) is 19.6 Å². The molecule has 1 aliphatic carbocycles. The fourth-order valence-corrected chi connectivity index (χ4v) is 4.44. The van der Waals surface area contributed by atoms with Gasteiger partial charge < -0.3 is 15.4 Å². The lowest BCUT2D eigenvalue weighted by Gasteiger charge is -2.37. The van der Waals surface area contributed by atoms with Gasteiger partial charge in [0.1, 0.15) is 17.1 Å². The number of nitrogens with zero attached hydrogens (tertiary/aromatic N) is 2. The highest BCUT2D eigenvalue weighted by Crippen LogP contribution is 2.55. The fourth-order valence-electron chi connectivity index (χ4n) is 4.44. The van der Waals surface area contributed by atoms with Crippen LogP contribution in [-0.2, 0) is 14.9 Å². The van der Waals surface area contributed by atoms with Gasteiger partial charge >= 0.3 is 0 Å². The van der Waals surface area contributed by atoms with E-state index in [1.54, 1.807) is 43.4 Å². The van der Waals surface area contributed by atoms with Gasteiger partial charge in [0, 0.05) is 29.4 Å². The number of anilines is 1. The number of Topliss-reactive ketones (excluding diaryl/α,β-unsaturated/α-hetero) is 2. The molecule has 29 heavy (non-hydrogen) atoms. The van der Waals surface area contributed by atoms with Crippen LogP contribution in [-0.4, -0.2) is 24.5 Å². The molecule has 1 unspecified atom stereocenters. The minimum absolute atomic E-state index is 0.159. The summed E-state index contributed by atoms with van der Waals surface area (Å²) in [6, 6.07) is 15.1. The number of benzene rings is 2. The highest BCUT2D eigenvalue weighted by atomic mass is 16.5. The van der Waals surface area contributed by atoms with E-state index in [-0.39, 0.29) is 33.9 Å². The first-order chi connectivity index (χ1) is 13.9. The molecule has 140 valence electrons. The predicted molar refractivity (Wildman–Crippen MR) is 102 cm³/mol. The smallest absolute Gasteiger partial charge is 0.247 e. The minimum Gasteiger partial charge on any atom is -0.436 e. The Hall–Kier alpha value is -4.18. The molecule has 2 aromatic rings. The van der Waals surface area contributed by atoms with Crippen molar-refractivity contribution in [3.63, 3.8) is 0 Å². The Balaban J connectivity index is 1.94. The number of nitrogens with two attached hydrogens (primary N) is 1. The Labute approximate surface area is 165 Å². The number of rotatable bonds is 0. The number of ether oxygens (including phenoxy) is 1. The third-order valence-corrected chi connectivity index (χ3v) is 5.69. The number of allylic oxidation sites excluding steroid dienone is 1. The molecule has 7 heteroatoms. The van der Waals surface area contributed by atoms with E-state index in [4.69, 9.17) is 10.5 Å². The molecule has 1 spiro atoms. The van der Waals surface area contributed by atoms with E-state index in [1.165, 1.54) is 17.0 Å². The standard InChI is InChI=1S/C22H13N3O4/c1-25-15-9-5-4-8-13(15)22(21(25)28)14(10-23)20(24)29-19-16(22)17(26)11-6-2-3-7-12(11)18(19)27/h2-9H,24H2,1H3. The highest BCUT2D eigenvalue weighted by molar-refractivity contribution is 6.31. The lowest BCUT2D eigenvalue weighted by Crippen LogP contribution is -2.49. The Morgan fingerprint density at radius 2 is 1.62 bits per heavy atom. The molecule has 0 aromatic heterocycles. The van der Waals surface area contributed by atoms with Crippen LogP contribution in [0.3, 0.4) is 0 Å². The van der Waals surface area contributed by atoms with Gasteiger partial charge in [0.15, 0.2) is 11.5 Å². The van der Waals surface area contributed by atoms with Gasteiger partial charge in [-0.2, -0.15) is 5.26 Å². The summed E-state index contributed by atoms with van der Waals surface area (Å²) in [6.45, 7) is 0. The SMILES string of the molecule is CN1C(=O)C2(C(C#N)=C(N)OC3=C2C(=O)c2ccccc2C3=O)c2ccccc21. The quantitative estimate of drug-likeness (QED) is 0.744. The number of carbonyl (C=O) groups is 3. The van der Waals surface area contributed by atoms with Gasteiger partial charge in [-0.1, -0.05) is 42.5 Å². The van der Waals surface area contributed by atoms with Crippen LogP contribution in [0.2, 0.25) is 0 Å². The van der Waals surface area contributed by atoms with Crippen molar-refractivity contribution in [3.05, 3.63) is 88.0 Å². The van der Waals surface area contributed by atoms with Gasteiger partial charge in [-0.3, -0.25) is 14.4 Å². The van der Waals surface area contributed by atoms with E-state index in [0.717, 1.165) is 0 Å². The van der Waals surface area contributed by atoms with Gasteiger partial charge in [-0.25, -0.2) is 0 Å². The summed E-state index contributed by atoms with van der Waals surface area (Å²) in [5.41, 5.74) is 5.12. The summed E-state index contributed by atoms with van der Waals surface area (Å²) in [6.07, 6.45) is 0. The van der Waals surface area contributed by atoms with Crippen molar-refractivity contribution in [1.82, 2.24) is 0 Å². The molecule has 0 fully saturated rings. The second-order valence-corrected chi connectivity index (χ2v) is 6.99. The normalized spacial score (nSPS) is 22.3. The van der Waals surface area contributed by atoms with Crippen LogP contribution in [0.4, 0.5) is 5.69 Å². The van der Waals surface area contributed by atoms with Crippen LogP contribution < -0.4 is 10.6 Å². The molecular weight excluding hydrogens is 370 g/mol. The molecule has 5 rings (SSSR count). The Morgan fingerprint density at radius 3 is 2.31 bits per heavy atom. The maximum absolute atomic E-state index is 13.6. The predicted octanol–water partition coefficient (Wildman–Crippen LogP) is 1.96. The fraction of sp³-hybridized carbons (Fsp3) is 0.0909. The van der Waals surface area contributed by atoms with Crippen molar-refractivity contribution < 1.29 is 19.1 Å². The van der Waals surface area contributed by atoms with Crippen molar-refractivity contribution in [1.29, 1.82) is 5.26 Å². The van der Waals surface area contributed by atoms with Crippen molar-refractivity contribution in [2.45, 2.75) is 5.41 Å². The van der Waals surface area contributed by atoms with Crippen LogP contribution >= 0.6 is 0 Å². The average Bonchev–Trinajstić information content (AvgIpc) is 2.95. The lowest BCUT2D eigenvalue weighted by molar-refractivity contribution is -0.120.